The van der Waals surface area contributed by atoms with Gasteiger partial charge in [0, 0.05) is 27.5 Å². The van der Waals surface area contributed by atoms with E-state index in [2.05, 4.69) is 18.7 Å². The van der Waals surface area contributed by atoms with Gasteiger partial charge >= 0.3 is 0 Å². The van der Waals surface area contributed by atoms with E-state index in [0.717, 1.165) is 23.2 Å². The molecular formula is C16H18FNOS. The van der Waals surface area contributed by atoms with Crippen molar-refractivity contribution in [3.05, 3.63) is 39.6 Å². The zero-order valence-electron chi connectivity index (χ0n) is 11.7. The molecule has 1 fully saturated rings. The number of hydrogen-bond acceptors (Lipinski definition) is 3. The van der Waals surface area contributed by atoms with Crippen LogP contribution >= 0.6 is 11.3 Å². The second kappa shape index (κ2) is 5.17. The fraction of sp³-hybridized carbons (Fsp3) is 0.438. The molecule has 1 aromatic carbocycles. The van der Waals surface area contributed by atoms with Gasteiger partial charge in [0.2, 0.25) is 5.43 Å². The number of benzene rings is 1. The number of fused-ring (bicyclic) bond motifs is 1. The van der Waals surface area contributed by atoms with Crippen LogP contribution in [0.3, 0.4) is 0 Å². The number of rotatable bonds is 1. The van der Waals surface area contributed by atoms with Crippen LogP contribution in [0, 0.1) is 5.82 Å². The van der Waals surface area contributed by atoms with Gasteiger partial charge in [-0.2, -0.15) is 0 Å². The molecule has 3 rings (SSSR count). The predicted octanol–water partition coefficient (Wildman–Crippen LogP) is 4.17. The Balaban J connectivity index is 2.16. The van der Waals surface area contributed by atoms with E-state index >= 15 is 0 Å². The second-order valence-corrected chi connectivity index (χ2v) is 6.54. The van der Waals surface area contributed by atoms with E-state index in [1.807, 2.05) is 5.38 Å². The molecule has 0 N–H and O–H groups in total. The minimum absolute atomic E-state index is 0.0427. The van der Waals surface area contributed by atoms with Crippen LogP contribution in [0.4, 0.5) is 10.1 Å². The van der Waals surface area contributed by atoms with Crippen molar-refractivity contribution in [2.75, 3.05) is 4.90 Å². The van der Waals surface area contributed by atoms with Gasteiger partial charge in [-0.25, -0.2) is 4.39 Å². The SMILES string of the molecule is C[C@@H]1CCC[C@H](C)N1c1csc2ccc(F)cc2c1=O. The van der Waals surface area contributed by atoms with E-state index in [0.29, 0.717) is 17.5 Å². The van der Waals surface area contributed by atoms with Gasteiger partial charge in [-0.15, -0.1) is 11.3 Å². The number of hydrogen-bond donors (Lipinski definition) is 0. The van der Waals surface area contributed by atoms with Gasteiger partial charge in [0.05, 0.1) is 5.69 Å². The molecule has 4 heteroatoms. The lowest BCUT2D eigenvalue weighted by Crippen LogP contribution is -2.45. The van der Waals surface area contributed by atoms with E-state index in [1.165, 1.54) is 29.9 Å². The van der Waals surface area contributed by atoms with E-state index in [1.54, 1.807) is 6.07 Å². The summed E-state index contributed by atoms with van der Waals surface area (Å²) in [6.07, 6.45) is 3.42. The van der Waals surface area contributed by atoms with Crippen molar-refractivity contribution >= 4 is 27.1 Å². The molecule has 0 spiro atoms. The van der Waals surface area contributed by atoms with Gasteiger partial charge in [0.25, 0.3) is 0 Å². The maximum absolute atomic E-state index is 13.4. The summed E-state index contributed by atoms with van der Waals surface area (Å²) in [6, 6.07) is 5.18. The summed E-state index contributed by atoms with van der Waals surface area (Å²) in [7, 11) is 0. The standard InChI is InChI=1S/C16H18FNOS/c1-10-4-3-5-11(2)18(10)14-9-20-15-7-6-12(17)8-13(15)16(14)19/h6-11H,3-5H2,1-2H3/t10-,11+. The first-order valence-corrected chi connectivity index (χ1v) is 7.95. The van der Waals surface area contributed by atoms with Gasteiger partial charge < -0.3 is 4.90 Å². The topological polar surface area (TPSA) is 20.3 Å². The Morgan fingerprint density at radius 1 is 1.25 bits per heavy atom. The first-order valence-electron chi connectivity index (χ1n) is 7.07. The van der Waals surface area contributed by atoms with Gasteiger partial charge in [-0.05, 0) is 51.3 Å². The highest BCUT2D eigenvalue weighted by molar-refractivity contribution is 7.16. The Bertz CT molecular complexity index is 686. The first-order chi connectivity index (χ1) is 9.58. The van der Waals surface area contributed by atoms with Crippen LogP contribution < -0.4 is 10.3 Å². The lowest BCUT2D eigenvalue weighted by Gasteiger charge is -2.40. The monoisotopic (exact) mass is 291 g/mol. The maximum Gasteiger partial charge on any atom is 0.211 e. The normalized spacial score (nSPS) is 23.2. The zero-order valence-corrected chi connectivity index (χ0v) is 12.5. The largest absolute Gasteiger partial charge is 0.362 e. The molecule has 1 aliphatic rings. The fourth-order valence-corrected chi connectivity index (χ4v) is 4.06. The highest BCUT2D eigenvalue weighted by Gasteiger charge is 2.27. The molecule has 0 amide bonds. The maximum atomic E-state index is 13.4. The van der Waals surface area contributed by atoms with Gasteiger partial charge in [0.15, 0.2) is 0 Å². The van der Waals surface area contributed by atoms with Crippen LogP contribution in [0.15, 0.2) is 28.4 Å². The summed E-state index contributed by atoms with van der Waals surface area (Å²) in [4.78, 5) is 14.9. The number of piperidine rings is 1. The van der Waals surface area contributed by atoms with Crippen molar-refractivity contribution in [2.45, 2.75) is 45.2 Å². The second-order valence-electron chi connectivity index (χ2n) is 5.63. The fourth-order valence-electron chi connectivity index (χ4n) is 3.17. The Morgan fingerprint density at radius 3 is 2.65 bits per heavy atom. The van der Waals surface area contributed by atoms with Gasteiger partial charge in [-0.3, -0.25) is 4.79 Å². The molecule has 0 saturated carbocycles. The van der Waals surface area contributed by atoms with Crippen LogP contribution in [0.5, 0.6) is 0 Å². The molecule has 1 aromatic heterocycles. The molecule has 0 unspecified atom stereocenters. The molecule has 0 radical (unpaired) electrons. The summed E-state index contributed by atoms with van der Waals surface area (Å²) < 4.78 is 14.2. The molecule has 1 aliphatic heterocycles. The first kappa shape index (κ1) is 13.6. The van der Waals surface area contributed by atoms with Crippen LogP contribution in [0.25, 0.3) is 10.1 Å². The third-order valence-corrected chi connectivity index (χ3v) is 5.14. The summed E-state index contributed by atoms with van der Waals surface area (Å²) in [6.45, 7) is 4.32. The van der Waals surface area contributed by atoms with Crippen molar-refractivity contribution in [3.63, 3.8) is 0 Å². The van der Waals surface area contributed by atoms with Crippen LogP contribution in [-0.4, -0.2) is 12.1 Å². The Hall–Kier alpha value is -1.42. The Labute approximate surface area is 121 Å². The van der Waals surface area contributed by atoms with Gasteiger partial charge in [-0.1, -0.05) is 0 Å². The van der Waals surface area contributed by atoms with Crippen molar-refractivity contribution < 1.29 is 4.39 Å². The predicted molar refractivity (Wildman–Crippen MR) is 83.3 cm³/mol. The van der Waals surface area contributed by atoms with E-state index < -0.39 is 0 Å². The molecule has 2 aromatic rings. The third-order valence-electron chi connectivity index (χ3n) is 4.19. The van der Waals surface area contributed by atoms with Crippen LogP contribution in [0.1, 0.15) is 33.1 Å². The van der Waals surface area contributed by atoms with Crippen LogP contribution in [0.2, 0.25) is 0 Å². The molecule has 106 valence electrons. The van der Waals surface area contributed by atoms with Gasteiger partial charge in [0.1, 0.15) is 5.82 Å². The minimum atomic E-state index is -0.348. The van der Waals surface area contributed by atoms with Crippen LogP contribution in [-0.2, 0) is 0 Å². The molecule has 2 nitrogen and oxygen atoms in total. The van der Waals surface area contributed by atoms with E-state index in [-0.39, 0.29) is 11.2 Å². The molecule has 2 atom stereocenters. The lowest BCUT2D eigenvalue weighted by atomic mass is 9.97. The molecular weight excluding hydrogens is 273 g/mol. The van der Waals surface area contributed by atoms with Crippen molar-refractivity contribution in [2.24, 2.45) is 0 Å². The van der Waals surface area contributed by atoms with Crippen molar-refractivity contribution in [1.82, 2.24) is 0 Å². The summed E-state index contributed by atoms with van der Waals surface area (Å²) >= 11 is 1.52. The molecule has 0 bridgehead atoms. The highest BCUT2D eigenvalue weighted by atomic mass is 32.1. The highest BCUT2D eigenvalue weighted by Crippen LogP contribution is 2.30. The smallest absolute Gasteiger partial charge is 0.211 e. The quantitative estimate of drug-likeness (QED) is 0.786. The third kappa shape index (κ3) is 2.22. The average Bonchev–Trinajstić information content (AvgIpc) is 2.41. The van der Waals surface area contributed by atoms with E-state index in [9.17, 15) is 9.18 Å². The van der Waals surface area contributed by atoms with Crippen molar-refractivity contribution in [1.29, 1.82) is 0 Å². The Kier molecular flexibility index (Phi) is 3.50. The summed E-state index contributed by atoms with van der Waals surface area (Å²) in [5, 5.41) is 2.43. The molecule has 0 aliphatic carbocycles. The lowest BCUT2D eigenvalue weighted by molar-refractivity contribution is 0.414. The molecule has 20 heavy (non-hydrogen) atoms. The van der Waals surface area contributed by atoms with Crippen molar-refractivity contribution in [3.8, 4) is 0 Å². The minimum Gasteiger partial charge on any atom is -0.362 e. The Morgan fingerprint density at radius 2 is 1.95 bits per heavy atom. The summed E-state index contributed by atoms with van der Waals surface area (Å²) in [5.74, 6) is -0.348. The molecule has 2 heterocycles. The number of halogens is 1. The van der Waals surface area contributed by atoms with E-state index in [4.69, 9.17) is 0 Å². The average molecular weight is 291 g/mol. The number of anilines is 1. The zero-order chi connectivity index (χ0) is 14.3. The number of nitrogens with zero attached hydrogens (tertiary/aromatic N) is 1. The molecule has 1 saturated heterocycles. The summed E-state index contributed by atoms with van der Waals surface area (Å²) in [5.41, 5.74) is 0.687.